The fourth-order valence-electron chi connectivity index (χ4n) is 1.63. The predicted molar refractivity (Wildman–Crippen MR) is 59.8 cm³/mol. The first-order valence-electron chi connectivity index (χ1n) is 5.30. The minimum atomic E-state index is -0.976. The lowest BCUT2D eigenvalue weighted by molar-refractivity contribution is -0.187. The summed E-state index contributed by atoms with van der Waals surface area (Å²) in [7, 11) is 2.84. The molecule has 1 aliphatic heterocycles. The van der Waals surface area contributed by atoms with Crippen LogP contribution < -0.4 is 0 Å². The third kappa shape index (κ3) is 3.04. The molecular formula is C11H19NO5. The van der Waals surface area contributed by atoms with Crippen molar-refractivity contribution >= 4 is 5.91 Å². The summed E-state index contributed by atoms with van der Waals surface area (Å²) < 4.78 is 11.0. The van der Waals surface area contributed by atoms with Gasteiger partial charge in [0.2, 0.25) is 0 Å². The van der Waals surface area contributed by atoms with Crippen LogP contribution in [-0.2, 0) is 19.1 Å². The summed E-state index contributed by atoms with van der Waals surface area (Å²) >= 11 is 0. The van der Waals surface area contributed by atoms with Crippen LogP contribution in [0.25, 0.3) is 0 Å². The van der Waals surface area contributed by atoms with Crippen molar-refractivity contribution in [1.82, 2.24) is 5.06 Å². The smallest absolute Gasteiger partial charge is 0.277 e. The second-order valence-electron chi connectivity index (χ2n) is 4.27. The molecule has 1 rings (SSSR count). The number of likely N-dealkylation sites (N-methyl/N-ethyl adjacent to an activating group) is 1. The van der Waals surface area contributed by atoms with Crippen molar-refractivity contribution in [3.8, 4) is 0 Å². The number of hydroxylamine groups is 2. The molecule has 1 fully saturated rings. The highest BCUT2D eigenvalue weighted by molar-refractivity contribution is 5.80. The fourth-order valence-corrected chi connectivity index (χ4v) is 1.63. The molecule has 0 aliphatic carbocycles. The van der Waals surface area contributed by atoms with Crippen molar-refractivity contribution in [2.45, 2.75) is 37.9 Å². The van der Waals surface area contributed by atoms with Crippen LogP contribution in [0.2, 0.25) is 0 Å². The zero-order valence-electron chi connectivity index (χ0n) is 10.5. The average molecular weight is 245 g/mol. The maximum Gasteiger partial charge on any atom is 0.277 e. The second-order valence-corrected chi connectivity index (χ2v) is 4.27. The van der Waals surface area contributed by atoms with E-state index in [9.17, 15) is 9.90 Å². The first-order valence-corrected chi connectivity index (χ1v) is 5.30. The number of amides is 1. The Bertz CT molecular complexity index is 304. The number of carbonyl (C=O) groups excluding carboxylic acids is 1. The Labute approximate surface area is 101 Å². The highest BCUT2D eigenvalue weighted by atomic mass is 16.8. The van der Waals surface area contributed by atoms with E-state index >= 15 is 0 Å². The van der Waals surface area contributed by atoms with Crippen LogP contribution in [-0.4, -0.2) is 54.3 Å². The summed E-state index contributed by atoms with van der Waals surface area (Å²) in [6.45, 7) is 6.82. The number of nitrogens with zero attached hydrogens (tertiary/aromatic N) is 1. The lowest BCUT2D eigenvalue weighted by atomic mass is 10.1. The molecule has 0 aromatic heterocycles. The van der Waals surface area contributed by atoms with Gasteiger partial charge in [0.1, 0.15) is 12.2 Å². The predicted octanol–water partition coefficient (Wildman–Crippen LogP) is 0.0732. The molecule has 0 saturated carbocycles. The van der Waals surface area contributed by atoms with Crippen LogP contribution in [0.5, 0.6) is 0 Å². The Hall–Kier alpha value is -0.950. The third-order valence-electron chi connectivity index (χ3n) is 2.53. The summed E-state index contributed by atoms with van der Waals surface area (Å²) in [5.41, 5.74) is 0. The van der Waals surface area contributed by atoms with Gasteiger partial charge in [-0.1, -0.05) is 6.08 Å². The van der Waals surface area contributed by atoms with Crippen molar-refractivity contribution in [1.29, 1.82) is 0 Å². The molecule has 0 aromatic rings. The summed E-state index contributed by atoms with van der Waals surface area (Å²) in [6, 6.07) is 0. The number of rotatable bonds is 4. The van der Waals surface area contributed by atoms with Gasteiger partial charge in [0.25, 0.3) is 5.91 Å². The Kier molecular flexibility index (Phi) is 4.26. The van der Waals surface area contributed by atoms with Crippen molar-refractivity contribution in [2.24, 2.45) is 0 Å². The van der Waals surface area contributed by atoms with E-state index in [2.05, 4.69) is 6.58 Å². The van der Waals surface area contributed by atoms with Crippen molar-refractivity contribution in [3.05, 3.63) is 12.7 Å². The lowest BCUT2D eigenvalue weighted by Gasteiger charge is -2.22. The molecule has 6 heteroatoms. The second kappa shape index (κ2) is 5.14. The topological polar surface area (TPSA) is 68.2 Å². The van der Waals surface area contributed by atoms with Crippen LogP contribution in [0, 0.1) is 0 Å². The highest BCUT2D eigenvalue weighted by Crippen LogP contribution is 2.31. The zero-order chi connectivity index (χ0) is 13.2. The van der Waals surface area contributed by atoms with Crippen molar-refractivity contribution in [3.63, 3.8) is 0 Å². The van der Waals surface area contributed by atoms with E-state index in [-0.39, 0.29) is 0 Å². The standard InChI is InChI=1S/C11H19NO5/c1-6-7(13)8-9(10(14)12(4)15-5)17-11(2,3)16-8/h6-9,13H,1H2,2-5H3/t7-,8+,9-/m1/s1. The number of aliphatic hydroxyl groups is 1. The van der Waals surface area contributed by atoms with Gasteiger partial charge in [-0.2, -0.15) is 0 Å². The van der Waals surface area contributed by atoms with Gasteiger partial charge < -0.3 is 14.6 Å². The van der Waals surface area contributed by atoms with E-state index in [4.69, 9.17) is 14.3 Å². The molecule has 98 valence electrons. The molecule has 0 bridgehead atoms. The van der Waals surface area contributed by atoms with E-state index in [1.165, 1.54) is 20.2 Å². The van der Waals surface area contributed by atoms with E-state index < -0.39 is 30.0 Å². The van der Waals surface area contributed by atoms with Crippen LogP contribution in [0.3, 0.4) is 0 Å². The summed E-state index contributed by atoms with van der Waals surface area (Å²) in [5.74, 6) is -1.34. The number of aliphatic hydroxyl groups excluding tert-OH is 1. The van der Waals surface area contributed by atoms with Gasteiger partial charge >= 0.3 is 0 Å². The van der Waals surface area contributed by atoms with Gasteiger partial charge in [-0.25, -0.2) is 5.06 Å². The Morgan fingerprint density at radius 1 is 1.59 bits per heavy atom. The molecular weight excluding hydrogens is 226 g/mol. The number of hydrogen-bond acceptors (Lipinski definition) is 5. The fraction of sp³-hybridized carbons (Fsp3) is 0.727. The van der Waals surface area contributed by atoms with E-state index in [1.807, 2.05) is 0 Å². The van der Waals surface area contributed by atoms with Crippen molar-refractivity contribution < 1.29 is 24.2 Å². The number of hydrogen-bond donors (Lipinski definition) is 1. The van der Waals surface area contributed by atoms with Gasteiger partial charge in [0.05, 0.1) is 7.11 Å². The average Bonchev–Trinajstić information content (AvgIpc) is 2.62. The Morgan fingerprint density at radius 3 is 2.65 bits per heavy atom. The molecule has 1 amide bonds. The normalized spacial score (nSPS) is 28.8. The molecule has 0 unspecified atom stereocenters. The van der Waals surface area contributed by atoms with E-state index in [0.717, 1.165) is 5.06 Å². The van der Waals surface area contributed by atoms with Gasteiger partial charge in [-0.15, -0.1) is 6.58 Å². The maximum absolute atomic E-state index is 11.9. The third-order valence-corrected chi connectivity index (χ3v) is 2.53. The SMILES string of the molecule is C=C[C@@H](O)[C@@H]1OC(C)(C)O[C@H]1C(=O)N(C)OC. The van der Waals surface area contributed by atoms with Crippen LogP contribution in [0.15, 0.2) is 12.7 Å². The molecule has 6 nitrogen and oxygen atoms in total. The Morgan fingerprint density at radius 2 is 2.18 bits per heavy atom. The van der Waals surface area contributed by atoms with Crippen LogP contribution in [0.4, 0.5) is 0 Å². The molecule has 1 N–H and O–H groups in total. The summed E-state index contributed by atoms with van der Waals surface area (Å²) in [4.78, 5) is 16.7. The lowest BCUT2D eigenvalue weighted by Crippen LogP contribution is -2.45. The summed E-state index contributed by atoms with van der Waals surface area (Å²) in [6.07, 6.45) is -1.37. The zero-order valence-corrected chi connectivity index (χ0v) is 10.5. The molecule has 1 heterocycles. The number of carbonyl (C=O) groups is 1. The largest absolute Gasteiger partial charge is 0.386 e. The minimum absolute atomic E-state index is 0.413. The molecule has 1 aliphatic rings. The minimum Gasteiger partial charge on any atom is -0.386 e. The molecule has 3 atom stereocenters. The van der Waals surface area contributed by atoms with Gasteiger partial charge in [-0.05, 0) is 13.8 Å². The molecule has 0 spiro atoms. The number of ether oxygens (including phenoxy) is 2. The first kappa shape index (κ1) is 14.1. The van der Waals surface area contributed by atoms with Crippen molar-refractivity contribution in [2.75, 3.05) is 14.2 Å². The molecule has 17 heavy (non-hydrogen) atoms. The maximum atomic E-state index is 11.9. The van der Waals surface area contributed by atoms with E-state index in [1.54, 1.807) is 13.8 Å². The highest BCUT2D eigenvalue weighted by Gasteiger charge is 2.48. The van der Waals surface area contributed by atoms with Crippen LogP contribution >= 0.6 is 0 Å². The molecule has 0 radical (unpaired) electrons. The molecule has 1 saturated heterocycles. The van der Waals surface area contributed by atoms with Gasteiger partial charge in [0, 0.05) is 7.05 Å². The van der Waals surface area contributed by atoms with Crippen LogP contribution in [0.1, 0.15) is 13.8 Å². The monoisotopic (exact) mass is 245 g/mol. The Balaban J connectivity index is 2.87. The molecule has 0 aromatic carbocycles. The summed E-state index contributed by atoms with van der Waals surface area (Å²) in [5, 5.41) is 10.8. The van der Waals surface area contributed by atoms with Gasteiger partial charge in [0.15, 0.2) is 11.9 Å². The van der Waals surface area contributed by atoms with E-state index in [0.29, 0.717) is 0 Å². The quantitative estimate of drug-likeness (QED) is 0.561. The first-order chi connectivity index (χ1) is 7.82. The van der Waals surface area contributed by atoms with Gasteiger partial charge in [-0.3, -0.25) is 9.63 Å².